The highest BCUT2D eigenvalue weighted by molar-refractivity contribution is 7.80. The predicted octanol–water partition coefficient (Wildman–Crippen LogP) is 1.96. The van der Waals surface area contributed by atoms with Crippen LogP contribution < -0.4 is 15.9 Å². The van der Waals surface area contributed by atoms with Crippen molar-refractivity contribution in [2.45, 2.75) is 19.4 Å². The number of thiazole rings is 1. The summed E-state index contributed by atoms with van der Waals surface area (Å²) in [6.07, 6.45) is 2.71. The first kappa shape index (κ1) is 15.4. The molecule has 0 bridgehead atoms. The molecule has 1 aromatic carbocycles. The molecule has 0 fully saturated rings. The van der Waals surface area contributed by atoms with Crippen LogP contribution in [0.5, 0.6) is 0 Å². The third kappa shape index (κ3) is 4.51. The van der Waals surface area contributed by atoms with E-state index in [1.165, 1.54) is 0 Å². The van der Waals surface area contributed by atoms with Crippen LogP contribution in [0.2, 0.25) is 0 Å². The highest BCUT2D eigenvalue weighted by Crippen LogP contribution is 2.10. The van der Waals surface area contributed by atoms with Crippen molar-refractivity contribution in [1.29, 1.82) is 0 Å². The maximum atomic E-state index is 11.8. The van der Waals surface area contributed by atoms with Crippen molar-refractivity contribution in [2.24, 2.45) is 5.73 Å². The summed E-state index contributed by atoms with van der Waals surface area (Å²) in [6, 6.07) is 7.05. The van der Waals surface area contributed by atoms with Gasteiger partial charge in [0.15, 0.2) is 0 Å². The van der Waals surface area contributed by atoms with Crippen molar-refractivity contribution in [2.75, 3.05) is 5.32 Å². The van der Waals surface area contributed by atoms with Gasteiger partial charge in [0, 0.05) is 35.8 Å². The number of hydrogen-bond donors (Lipinski definition) is 2. The molecule has 0 radical (unpaired) electrons. The number of amides is 1. The number of aryl methyl sites for hydroxylation is 1. The molecule has 0 saturated heterocycles. The van der Waals surface area contributed by atoms with E-state index in [0.29, 0.717) is 30.1 Å². The number of benzene rings is 1. The molecular weight excluding hydrogens is 306 g/mol. The van der Waals surface area contributed by atoms with E-state index in [4.69, 9.17) is 18.0 Å². The molecule has 0 unspecified atom stereocenters. The van der Waals surface area contributed by atoms with Crippen molar-refractivity contribution in [3.63, 3.8) is 0 Å². The van der Waals surface area contributed by atoms with Crippen LogP contribution in [0.1, 0.15) is 18.4 Å². The second kappa shape index (κ2) is 7.14. The SMILES string of the molecule is NC(=S)c1ccc(NC(=O)CCCn2ccsc2=O)cc1. The molecule has 0 saturated carbocycles. The molecular formula is C14H15N3O2S2. The number of rotatable bonds is 6. The van der Waals surface area contributed by atoms with Gasteiger partial charge in [-0.3, -0.25) is 9.59 Å². The summed E-state index contributed by atoms with van der Waals surface area (Å²) in [6.45, 7) is 0.552. The minimum Gasteiger partial charge on any atom is -0.389 e. The van der Waals surface area contributed by atoms with E-state index in [9.17, 15) is 9.59 Å². The number of aromatic nitrogens is 1. The molecule has 0 aliphatic rings. The predicted molar refractivity (Wildman–Crippen MR) is 88.8 cm³/mol. The van der Waals surface area contributed by atoms with Crippen LogP contribution in [-0.2, 0) is 11.3 Å². The number of nitrogens with two attached hydrogens (primary N) is 1. The molecule has 21 heavy (non-hydrogen) atoms. The summed E-state index contributed by atoms with van der Waals surface area (Å²) in [5, 5.41) is 4.54. The second-order valence-corrected chi connectivity index (χ2v) is 5.75. The zero-order chi connectivity index (χ0) is 15.2. The summed E-state index contributed by atoms with van der Waals surface area (Å²) >= 11 is 6.02. The lowest BCUT2D eigenvalue weighted by Gasteiger charge is -2.06. The molecule has 110 valence electrons. The van der Waals surface area contributed by atoms with Crippen LogP contribution in [0.4, 0.5) is 5.69 Å². The number of carbonyl (C=O) groups excluding carboxylic acids is 1. The topological polar surface area (TPSA) is 77.1 Å². The van der Waals surface area contributed by atoms with Gasteiger partial charge in [0.25, 0.3) is 0 Å². The first-order chi connectivity index (χ1) is 10.1. The molecule has 0 aliphatic carbocycles. The number of carbonyl (C=O) groups is 1. The maximum absolute atomic E-state index is 11.8. The molecule has 0 aliphatic heterocycles. The zero-order valence-corrected chi connectivity index (χ0v) is 12.9. The molecule has 7 heteroatoms. The van der Waals surface area contributed by atoms with Crippen LogP contribution in [0.3, 0.4) is 0 Å². The van der Waals surface area contributed by atoms with E-state index in [2.05, 4.69) is 5.32 Å². The van der Waals surface area contributed by atoms with Gasteiger partial charge in [-0.25, -0.2) is 0 Å². The molecule has 5 nitrogen and oxygen atoms in total. The minimum atomic E-state index is -0.0821. The first-order valence-corrected chi connectivity index (χ1v) is 7.69. The summed E-state index contributed by atoms with van der Waals surface area (Å²) in [5.74, 6) is -0.0821. The van der Waals surface area contributed by atoms with E-state index in [0.717, 1.165) is 16.9 Å². The second-order valence-electron chi connectivity index (χ2n) is 4.46. The Balaban J connectivity index is 1.80. The average Bonchev–Trinajstić information content (AvgIpc) is 2.85. The van der Waals surface area contributed by atoms with E-state index in [1.54, 1.807) is 40.4 Å². The number of nitrogens with zero attached hydrogens (tertiary/aromatic N) is 1. The van der Waals surface area contributed by atoms with Crippen molar-refractivity contribution in [1.82, 2.24) is 4.57 Å². The van der Waals surface area contributed by atoms with Crippen molar-refractivity contribution in [3.8, 4) is 0 Å². The molecule has 1 heterocycles. The lowest BCUT2D eigenvalue weighted by Crippen LogP contribution is -2.16. The minimum absolute atomic E-state index is 0.00347. The van der Waals surface area contributed by atoms with Gasteiger partial charge in [-0.05, 0) is 30.7 Å². The number of hydrogen-bond acceptors (Lipinski definition) is 4. The van der Waals surface area contributed by atoms with Gasteiger partial charge < -0.3 is 15.6 Å². The van der Waals surface area contributed by atoms with E-state index >= 15 is 0 Å². The van der Waals surface area contributed by atoms with Gasteiger partial charge in [0.2, 0.25) is 5.91 Å². The lowest BCUT2D eigenvalue weighted by atomic mass is 10.2. The first-order valence-electron chi connectivity index (χ1n) is 6.40. The highest BCUT2D eigenvalue weighted by atomic mass is 32.1. The Morgan fingerprint density at radius 2 is 2.05 bits per heavy atom. The Bertz CT molecular complexity index is 689. The third-order valence-corrected chi connectivity index (χ3v) is 3.83. The van der Waals surface area contributed by atoms with Gasteiger partial charge in [-0.2, -0.15) is 0 Å². The summed E-state index contributed by atoms with van der Waals surface area (Å²) in [5.41, 5.74) is 6.97. The monoisotopic (exact) mass is 321 g/mol. The third-order valence-electron chi connectivity index (χ3n) is 2.90. The Morgan fingerprint density at radius 1 is 1.33 bits per heavy atom. The van der Waals surface area contributed by atoms with Crippen LogP contribution in [0.15, 0.2) is 40.6 Å². The van der Waals surface area contributed by atoms with E-state index < -0.39 is 0 Å². The van der Waals surface area contributed by atoms with Crippen molar-refractivity contribution < 1.29 is 4.79 Å². The summed E-state index contributed by atoms with van der Waals surface area (Å²) < 4.78 is 1.61. The molecule has 3 N–H and O–H groups in total. The van der Waals surface area contributed by atoms with Crippen LogP contribution in [0, 0.1) is 0 Å². The number of nitrogens with one attached hydrogen (secondary N) is 1. The lowest BCUT2D eigenvalue weighted by molar-refractivity contribution is -0.116. The number of anilines is 1. The standard InChI is InChI=1S/C14H15N3O2S2/c15-13(20)10-3-5-11(6-4-10)16-12(18)2-1-7-17-8-9-21-14(17)19/h3-6,8-9H,1-2,7H2,(H2,15,20)(H,16,18). The molecule has 0 atom stereocenters. The fraction of sp³-hybridized carbons (Fsp3) is 0.214. The Labute approximate surface area is 131 Å². The Kier molecular flexibility index (Phi) is 5.24. The van der Waals surface area contributed by atoms with Crippen molar-refractivity contribution in [3.05, 3.63) is 51.1 Å². The van der Waals surface area contributed by atoms with Crippen LogP contribution in [-0.4, -0.2) is 15.5 Å². The Hall–Kier alpha value is -1.99. The summed E-state index contributed by atoms with van der Waals surface area (Å²) in [4.78, 5) is 23.5. The van der Waals surface area contributed by atoms with Gasteiger partial charge in [0.05, 0.1) is 0 Å². The zero-order valence-electron chi connectivity index (χ0n) is 11.2. The van der Waals surface area contributed by atoms with Crippen LogP contribution in [0.25, 0.3) is 0 Å². The van der Waals surface area contributed by atoms with Crippen molar-refractivity contribution >= 4 is 40.1 Å². The molecule has 1 amide bonds. The average molecular weight is 321 g/mol. The van der Waals surface area contributed by atoms with E-state index in [-0.39, 0.29) is 10.8 Å². The van der Waals surface area contributed by atoms with E-state index in [1.807, 2.05) is 0 Å². The van der Waals surface area contributed by atoms with Crippen LogP contribution >= 0.6 is 23.6 Å². The van der Waals surface area contributed by atoms with Gasteiger partial charge >= 0.3 is 4.87 Å². The number of thiocarbonyl (C=S) groups is 1. The maximum Gasteiger partial charge on any atom is 0.307 e. The summed E-state index contributed by atoms with van der Waals surface area (Å²) in [7, 11) is 0. The Morgan fingerprint density at radius 3 is 2.62 bits per heavy atom. The van der Waals surface area contributed by atoms with Gasteiger partial charge in [-0.15, -0.1) is 0 Å². The normalized spacial score (nSPS) is 10.3. The van der Waals surface area contributed by atoms with Gasteiger partial charge in [-0.1, -0.05) is 23.6 Å². The largest absolute Gasteiger partial charge is 0.389 e. The fourth-order valence-corrected chi connectivity index (χ4v) is 2.56. The fourth-order valence-electron chi connectivity index (χ4n) is 1.81. The smallest absolute Gasteiger partial charge is 0.307 e. The molecule has 0 spiro atoms. The molecule has 1 aromatic heterocycles. The molecule has 2 rings (SSSR count). The quantitative estimate of drug-likeness (QED) is 0.797. The van der Waals surface area contributed by atoms with Gasteiger partial charge in [0.1, 0.15) is 4.99 Å². The highest BCUT2D eigenvalue weighted by Gasteiger charge is 2.04. The molecule has 2 aromatic rings.